The molecule has 1 aromatic rings. The third-order valence-electron chi connectivity index (χ3n) is 3.23. The standard InChI is InChI=1S/C14H20N2O3/c1-2-3-4-8-19-11-9-16(10-11)13-7-5-6-12(15-13)14(17)18/h5-7,11H,2-4,8-10H2,1H3,(H,17,18). The third kappa shape index (κ3) is 3.67. The van der Waals surface area contributed by atoms with E-state index in [1.165, 1.54) is 18.9 Å². The summed E-state index contributed by atoms with van der Waals surface area (Å²) < 4.78 is 5.72. The van der Waals surface area contributed by atoms with E-state index in [0.29, 0.717) is 5.82 Å². The van der Waals surface area contributed by atoms with Gasteiger partial charge in [0.15, 0.2) is 5.69 Å². The van der Waals surface area contributed by atoms with Gasteiger partial charge in [-0.2, -0.15) is 0 Å². The minimum absolute atomic E-state index is 0.0878. The van der Waals surface area contributed by atoms with E-state index in [-0.39, 0.29) is 11.8 Å². The first-order valence-electron chi connectivity index (χ1n) is 6.77. The Kier molecular flexibility index (Phi) is 4.74. The second-order valence-corrected chi connectivity index (χ2v) is 4.79. The van der Waals surface area contributed by atoms with Gasteiger partial charge in [0.25, 0.3) is 0 Å². The second-order valence-electron chi connectivity index (χ2n) is 4.79. The van der Waals surface area contributed by atoms with Crippen LogP contribution in [0.3, 0.4) is 0 Å². The normalized spacial score (nSPS) is 15.3. The molecule has 0 radical (unpaired) electrons. The molecule has 5 heteroatoms. The van der Waals surface area contributed by atoms with Gasteiger partial charge >= 0.3 is 5.97 Å². The van der Waals surface area contributed by atoms with Crippen LogP contribution in [-0.4, -0.2) is 41.9 Å². The Morgan fingerprint density at radius 2 is 2.26 bits per heavy atom. The highest BCUT2D eigenvalue weighted by Gasteiger charge is 2.28. The highest BCUT2D eigenvalue weighted by atomic mass is 16.5. The van der Waals surface area contributed by atoms with E-state index in [4.69, 9.17) is 9.84 Å². The maximum Gasteiger partial charge on any atom is 0.354 e. The predicted octanol–water partition coefficient (Wildman–Crippen LogP) is 2.18. The summed E-state index contributed by atoms with van der Waals surface area (Å²) in [5.41, 5.74) is 0.0878. The van der Waals surface area contributed by atoms with Gasteiger partial charge in [-0.05, 0) is 18.6 Å². The highest BCUT2D eigenvalue weighted by Crippen LogP contribution is 2.20. The summed E-state index contributed by atoms with van der Waals surface area (Å²) in [5.74, 6) is -0.275. The van der Waals surface area contributed by atoms with Gasteiger partial charge in [-0.25, -0.2) is 9.78 Å². The van der Waals surface area contributed by atoms with Crippen molar-refractivity contribution in [1.82, 2.24) is 4.98 Å². The van der Waals surface area contributed by atoms with Gasteiger partial charge in [0.2, 0.25) is 0 Å². The van der Waals surface area contributed by atoms with Crippen LogP contribution < -0.4 is 4.90 Å². The number of carbonyl (C=O) groups is 1. The zero-order valence-corrected chi connectivity index (χ0v) is 11.2. The SMILES string of the molecule is CCCCCOC1CN(c2cccc(C(=O)O)n2)C1. The van der Waals surface area contributed by atoms with Crippen molar-refractivity contribution < 1.29 is 14.6 Å². The molecule has 2 heterocycles. The van der Waals surface area contributed by atoms with Crippen molar-refractivity contribution in [2.24, 2.45) is 0 Å². The number of hydrogen-bond acceptors (Lipinski definition) is 4. The number of aromatic carboxylic acids is 1. The molecule has 0 unspecified atom stereocenters. The largest absolute Gasteiger partial charge is 0.477 e. The molecule has 1 aliphatic rings. The number of hydrogen-bond donors (Lipinski definition) is 1. The zero-order valence-electron chi connectivity index (χ0n) is 11.2. The molecule has 0 bridgehead atoms. The van der Waals surface area contributed by atoms with Gasteiger partial charge in [-0.3, -0.25) is 0 Å². The van der Waals surface area contributed by atoms with Crippen LogP contribution in [0.15, 0.2) is 18.2 Å². The molecule has 0 saturated carbocycles. The molecule has 104 valence electrons. The monoisotopic (exact) mass is 264 g/mol. The van der Waals surface area contributed by atoms with E-state index in [9.17, 15) is 4.79 Å². The quantitative estimate of drug-likeness (QED) is 0.765. The lowest BCUT2D eigenvalue weighted by Gasteiger charge is -2.39. The second kappa shape index (κ2) is 6.52. The number of unbranched alkanes of at least 4 members (excludes halogenated alkanes) is 2. The van der Waals surface area contributed by atoms with Crippen LogP contribution >= 0.6 is 0 Å². The molecule has 5 nitrogen and oxygen atoms in total. The summed E-state index contributed by atoms with van der Waals surface area (Å²) in [6.07, 6.45) is 3.77. The lowest BCUT2D eigenvalue weighted by molar-refractivity contribution is 0.0318. The van der Waals surface area contributed by atoms with Crippen molar-refractivity contribution in [1.29, 1.82) is 0 Å². The predicted molar refractivity (Wildman–Crippen MR) is 72.7 cm³/mol. The Bertz CT molecular complexity index is 430. The fourth-order valence-electron chi connectivity index (χ4n) is 2.05. The van der Waals surface area contributed by atoms with Crippen molar-refractivity contribution in [3.05, 3.63) is 23.9 Å². The first-order chi connectivity index (χ1) is 9.20. The molecule has 0 amide bonds. The van der Waals surface area contributed by atoms with Crippen LogP contribution in [0.5, 0.6) is 0 Å². The van der Waals surface area contributed by atoms with E-state index in [1.807, 2.05) is 11.0 Å². The van der Waals surface area contributed by atoms with Gasteiger partial charge < -0.3 is 14.7 Å². The molecule has 1 aromatic heterocycles. The Morgan fingerprint density at radius 3 is 2.95 bits per heavy atom. The van der Waals surface area contributed by atoms with Crippen LogP contribution in [0.1, 0.15) is 36.7 Å². The Balaban J connectivity index is 1.77. The van der Waals surface area contributed by atoms with E-state index >= 15 is 0 Å². The van der Waals surface area contributed by atoms with E-state index < -0.39 is 5.97 Å². The maximum absolute atomic E-state index is 10.8. The average molecular weight is 264 g/mol. The Hall–Kier alpha value is -1.62. The summed E-state index contributed by atoms with van der Waals surface area (Å²) in [6.45, 7) is 4.57. The van der Waals surface area contributed by atoms with E-state index in [0.717, 1.165) is 26.1 Å². The van der Waals surface area contributed by atoms with Gasteiger partial charge in [-0.15, -0.1) is 0 Å². The fraction of sp³-hybridized carbons (Fsp3) is 0.571. The van der Waals surface area contributed by atoms with Gasteiger partial charge in [0.1, 0.15) is 5.82 Å². The summed E-state index contributed by atoms with van der Waals surface area (Å²) in [6, 6.07) is 5.06. The number of rotatable bonds is 7. The van der Waals surface area contributed by atoms with Crippen LogP contribution in [0.25, 0.3) is 0 Å². The molecule has 0 atom stereocenters. The molecule has 1 N–H and O–H groups in total. The Morgan fingerprint density at radius 1 is 1.47 bits per heavy atom. The van der Waals surface area contributed by atoms with Crippen molar-refractivity contribution in [3.63, 3.8) is 0 Å². The summed E-state index contributed by atoms with van der Waals surface area (Å²) in [5, 5.41) is 8.89. The van der Waals surface area contributed by atoms with Gasteiger partial charge in [-0.1, -0.05) is 25.8 Å². The minimum atomic E-state index is -0.991. The maximum atomic E-state index is 10.8. The molecule has 19 heavy (non-hydrogen) atoms. The lowest BCUT2D eigenvalue weighted by atomic mass is 10.1. The number of carboxylic acid groups (broad SMARTS) is 1. The molecule has 1 aliphatic heterocycles. The zero-order chi connectivity index (χ0) is 13.7. The number of nitrogens with zero attached hydrogens (tertiary/aromatic N) is 2. The number of anilines is 1. The van der Waals surface area contributed by atoms with Crippen LogP contribution in [0, 0.1) is 0 Å². The molecule has 1 fully saturated rings. The van der Waals surface area contributed by atoms with Crippen LogP contribution in [0.2, 0.25) is 0 Å². The topological polar surface area (TPSA) is 62.7 Å². The highest BCUT2D eigenvalue weighted by molar-refractivity contribution is 5.85. The number of carboxylic acids is 1. The van der Waals surface area contributed by atoms with Crippen molar-refractivity contribution in [2.75, 3.05) is 24.6 Å². The first kappa shape index (κ1) is 13.8. The van der Waals surface area contributed by atoms with E-state index in [1.54, 1.807) is 6.07 Å². The number of pyridine rings is 1. The third-order valence-corrected chi connectivity index (χ3v) is 3.23. The smallest absolute Gasteiger partial charge is 0.354 e. The number of ether oxygens (including phenoxy) is 1. The lowest BCUT2D eigenvalue weighted by Crippen LogP contribution is -2.52. The number of aromatic nitrogens is 1. The fourth-order valence-corrected chi connectivity index (χ4v) is 2.05. The average Bonchev–Trinajstić information content (AvgIpc) is 2.36. The molecular weight excluding hydrogens is 244 g/mol. The minimum Gasteiger partial charge on any atom is -0.477 e. The van der Waals surface area contributed by atoms with E-state index in [2.05, 4.69) is 11.9 Å². The van der Waals surface area contributed by atoms with Crippen molar-refractivity contribution >= 4 is 11.8 Å². The van der Waals surface area contributed by atoms with Crippen molar-refractivity contribution in [2.45, 2.75) is 32.3 Å². The summed E-state index contributed by atoms with van der Waals surface area (Å²) in [7, 11) is 0. The van der Waals surface area contributed by atoms with Crippen molar-refractivity contribution in [3.8, 4) is 0 Å². The van der Waals surface area contributed by atoms with Crippen LogP contribution in [0.4, 0.5) is 5.82 Å². The van der Waals surface area contributed by atoms with Crippen LogP contribution in [-0.2, 0) is 4.74 Å². The molecule has 0 aromatic carbocycles. The first-order valence-corrected chi connectivity index (χ1v) is 6.77. The molecule has 1 saturated heterocycles. The van der Waals surface area contributed by atoms with Gasteiger partial charge in [0.05, 0.1) is 6.10 Å². The molecular formula is C14H20N2O3. The summed E-state index contributed by atoms with van der Waals surface area (Å²) in [4.78, 5) is 17.0. The van der Waals surface area contributed by atoms with Gasteiger partial charge in [0, 0.05) is 19.7 Å². The summed E-state index contributed by atoms with van der Waals surface area (Å²) >= 11 is 0. The molecule has 2 rings (SSSR count). The molecule has 0 spiro atoms. The Labute approximate surface area is 113 Å². The molecule has 0 aliphatic carbocycles.